The van der Waals surface area contributed by atoms with E-state index in [2.05, 4.69) is 10.1 Å². The van der Waals surface area contributed by atoms with Crippen LogP contribution in [0.5, 0.6) is 0 Å². The van der Waals surface area contributed by atoms with Gasteiger partial charge >= 0.3 is 12.0 Å². The van der Waals surface area contributed by atoms with E-state index in [4.69, 9.17) is 0 Å². The molecule has 0 aromatic heterocycles. The molecule has 7 heteroatoms. The number of ether oxygens (including phenoxy) is 1. The topological polar surface area (TPSA) is 79.0 Å². The minimum atomic E-state index is -0.537. The summed E-state index contributed by atoms with van der Waals surface area (Å²) >= 11 is 0. The average Bonchev–Trinajstić information content (AvgIpc) is 2.75. The summed E-state index contributed by atoms with van der Waals surface area (Å²) < 4.78 is 4.57. The molecule has 7 nitrogen and oxygen atoms in total. The Balaban J connectivity index is 1.70. The fourth-order valence-electron chi connectivity index (χ4n) is 3.47. The van der Waals surface area contributed by atoms with E-state index < -0.39 is 5.97 Å². The number of piperidine rings is 1. The summed E-state index contributed by atoms with van der Waals surface area (Å²) in [6, 6.07) is 18.6. The first-order chi connectivity index (χ1) is 14.1. The second kappa shape index (κ2) is 9.73. The summed E-state index contributed by atoms with van der Waals surface area (Å²) in [4.78, 5) is 40.1. The molecule has 2 aromatic rings. The lowest BCUT2D eigenvalue weighted by molar-refractivity contribution is -0.147. The minimum absolute atomic E-state index is 0.0525. The summed E-state index contributed by atoms with van der Waals surface area (Å²) in [5.41, 5.74) is 1.53. The second-order valence-corrected chi connectivity index (χ2v) is 6.87. The summed E-state index contributed by atoms with van der Waals surface area (Å²) in [5, 5.41) is 2.95. The van der Waals surface area contributed by atoms with Gasteiger partial charge < -0.3 is 15.0 Å². The lowest BCUT2D eigenvalue weighted by Gasteiger charge is -2.38. The molecule has 0 atom stereocenters. The Morgan fingerprint density at radius 3 is 2.17 bits per heavy atom. The Hall–Kier alpha value is -3.35. The predicted octanol–water partition coefficient (Wildman–Crippen LogP) is 3.28. The maximum Gasteiger partial charge on any atom is 0.326 e. The Bertz CT molecular complexity index is 834. The maximum atomic E-state index is 13.1. The van der Waals surface area contributed by atoms with Crippen LogP contribution >= 0.6 is 0 Å². The van der Waals surface area contributed by atoms with Crippen LogP contribution in [0.2, 0.25) is 0 Å². The Kier molecular flexibility index (Phi) is 6.84. The molecule has 3 amide bonds. The quantitative estimate of drug-likeness (QED) is 0.622. The van der Waals surface area contributed by atoms with Gasteiger partial charge in [0.15, 0.2) is 0 Å². The van der Waals surface area contributed by atoms with Crippen molar-refractivity contribution in [3.05, 3.63) is 60.7 Å². The number of carbonyl (C=O) groups is 3. The second-order valence-electron chi connectivity index (χ2n) is 6.87. The molecule has 0 saturated carbocycles. The third-order valence-electron chi connectivity index (χ3n) is 4.98. The molecule has 1 aliphatic rings. The zero-order chi connectivity index (χ0) is 20.6. The van der Waals surface area contributed by atoms with Crippen molar-refractivity contribution in [3.63, 3.8) is 0 Å². The number of esters is 1. The normalized spacial score (nSPS) is 14.2. The fourth-order valence-corrected chi connectivity index (χ4v) is 3.47. The van der Waals surface area contributed by atoms with Gasteiger partial charge in [-0.25, -0.2) is 4.79 Å². The Labute approximate surface area is 170 Å². The van der Waals surface area contributed by atoms with Gasteiger partial charge in [0.2, 0.25) is 5.91 Å². The molecule has 1 saturated heterocycles. The largest absolute Gasteiger partial charge is 0.469 e. The van der Waals surface area contributed by atoms with Gasteiger partial charge in [-0.1, -0.05) is 36.4 Å². The van der Waals surface area contributed by atoms with E-state index in [0.717, 1.165) is 11.4 Å². The van der Waals surface area contributed by atoms with E-state index in [9.17, 15) is 14.4 Å². The number of anilines is 2. The van der Waals surface area contributed by atoms with Crippen LogP contribution in [0, 0.1) is 0 Å². The average molecular weight is 395 g/mol. The standard InChI is InChI=1S/C22H25N3O4/c1-29-21(27)16-20(26)24-14-12-19(13-15-24)25(18-10-6-3-7-11-18)22(28)23-17-8-4-2-5-9-17/h2-11,19H,12-16H2,1H3,(H,23,28). The van der Waals surface area contributed by atoms with Gasteiger partial charge in [-0.05, 0) is 37.1 Å². The first kappa shape index (κ1) is 20.4. The van der Waals surface area contributed by atoms with Crippen LogP contribution in [-0.4, -0.2) is 49.0 Å². The van der Waals surface area contributed by atoms with Crippen molar-refractivity contribution >= 4 is 29.3 Å². The lowest BCUT2D eigenvalue weighted by atomic mass is 10.0. The number of hydrogen-bond donors (Lipinski definition) is 1. The van der Waals surface area contributed by atoms with Crippen LogP contribution in [-0.2, 0) is 14.3 Å². The molecule has 1 N–H and O–H groups in total. The summed E-state index contributed by atoms with van der Waals surface area (Å²) in [6.45, 7) is 0.977. The van der Waals surface area contributed by atoms with E-state index in [1.165, 1.54) is 7.11 Å². The molecule has 0 spiro atoms. The number of amides is 3. The molecule has 0 unspecified atom stereocenters. The van der Waals surface area contributed by atoms with Gasteiger partial charge in [0, 0.05) is 30.5 Å². The van der Waals surface area contributed by atoms with Gasteiger partial charge in [0.05, 0.1) is 7.11 Å². The number of methoxy groups -OCH3 is 1. The Morgan fingerprint density at radius 2 is 1.59 bits per heavy atom. The van der Waals surface area contributed by atoms with Crippen LogP contribution in [0.15, 0.2) is 60.7 Å². The molecular formula is C22H25N3O4. The van der Waals surface area contributed by atoms with Crippen molar-refractivity contribution in [2.24, 2.45) is 0 Å². The molecule has 1 fully saturated rings. The van der Waals surface area contributed by atoms with E-state index in [1.807, 2.05) is 60.7 Å². The number of hydrogen-bond acceptors (Lipinski definition) is 4. The third kappa shape index (κ3) is 5.34. The van der Waals surface area contributed by atoms with E-state index in [1.54, 1.807) is 9.80 Å². The van der Waals surface area contributed by atoms with Crippen molar-refractivity contribution in [2.75, 3.05) is 30.4 Å². The van der Waals surface area contributed by atoms with Crippen LogP contribution < -0.4 is 10.2 Å². The zero-order valence-corrected chi connectivity index (χ0v) is 16.4. The molecule has 152 valence electrons. The monoisotopic (exact) mass is 395 g/mol. The lowest BCUT2D eigenvalue weighted by Crippen LogP contribution is -2.50. The van der Waals surface area contributed by atoms with Gasteiger partial charge in [-0.2, -0.15) is 0 Å². The number of para-hydroxylation sites is 2. The van der Waals surface area contributed by atoms with Crippen LogP contribution in [0.4, 0.5) is 16.2 Å². The van der Waals surface area contributed by atoms with E-state index in [0.29, 0.717) is 25.9 Å². The Morgan fingerprint density at radius 1 is 1.00 bits per heavy atom. The number of benzene rings is 2. The molecule has 1 aliphatic heterocycles. The number of urea groups is 1. The van der Waals surface area contributed by atoms with Crippen molar-refractivity contribution in [1.82, 2.24) is 4.90 Å². The summed E-state index contributed by atoms with van der Waals surface area (Å²) in [7, 11) is 1.27. The van der Waals surface area contributed by atoms with Crippen molar-refractivity contribution < 1.29 is 19.1 Å². The number of likely N-dealkylation sites (tertiary alicyclic amines) is 1. The molecule has 0 bridgehead atoms. The highest BCUT2D eigenvalue weighted by Crippen LogP contribution is 2.25. The molecular weight excluding hydrogens is 370 g/mol. The van der Waals surface area contributed by atoms with Crippen molar-refractivity contribution in [2.45, 2.75) is 25.3 Å². The molecule has 0 radical (unpaired) electrons. The smallest absolute Gasteiger partial charge is 0.326 e. The number of rotatable bonds is 5. The minimum Gasteiger partial charge on any atom is -0.469 e. The number of carbonyl (C=O) groups excluding carboxylic acids is 3. The first-order valence-electron chi connectivity index (χ1n) is 9.63. The summed E-state index contributed by atoms with van der Waals surface area (Å²) in [5.74, 6) is -0.777. The highest BCUT2D eigenvalue weighted by atomic mass is 16.5. The van der Waals surface area contributed by atoms with Crippen LogP contribution in [0.3, 0.4) is 0 Å². The third-order valence-corrected chi connectivity index (χ3v) is 4.98. The SMILES string of the molecule is COC(=O)CC(=O)N1CCC(N(C(=O)Nc2ccccc2)c2ccccc2)CC1. The summed E-state index contributed by atoms with van der Waals surface area (Å²) in [6.07, 6.45) is 1.01. The predicted molar refractivity (Wildman–Crippen MR) is 111 cm³/mol. The number of nitrogens with zero attached hydrogens (tertiary/aromatic N) is 2. The van der Waals surface area contributed by atoms with Crippen LogP contribution in [0.1, 0.15) is 19.3 Å². The van der Waals surface area contributed by atoms with Crippen molar-refractivity contribution in [1.29, 1.82) is 0 Å². The van der Waals surface area contributed by atoms with E-state index in [-0.39, 0.29) is 24.4 Å². The van der Waals surface area contributed by atoms with E-state index >= 15 is 0 Å². The van der Waals surface area contributed by atoms with Crippen molar-refractivity contribution in [3.8, 4) is 0 Å². The highest BCUT2D eigenvalue weighted by Gasteiger charge is 2.31. The van der Waals surface area contributed by atoms with Gasteiger partial charge in [-0.3, -0.25) is 14.5 Å². The fraction of sp³-hybridized carbons (Fsp3) is 0.318. The highest BCUT2D eigenvalue weighted by molar-refractivity contribution is 6.02. The molecule has 2 aromatic carbocycles. The zero-order valence-electron chi connectivity index (χ0n) is 16.4. The van der Waals surface area contributed by atoms with Gasteiger partial charge in [-0.15, -0.1) is 0 Å². The maximum absolute atomic E-state index is 13.1. The van der Waals surface area contributed by atoms with Crippen LogP contribution in [0.25, 0.3) is 0 Å². The van der Waals surface area contributed by atoms with Gasteiger partial charge in [0.25, 0.3) is 0 Å². The molecule has 1 heterocycles. The number of nitrogens with one attached hydrogen (secondary N) is 1. The molecule has 0 aliphatic carbocycles. The molecule has 3 rings (SSSR count). The first-order valence-corrected chi connectivity index (χ1v) is 9.63. The molecule has 29 heavy (non-hydrogen) atoms. The van der Waals surface area contributed by atoms with Gasteiger partial charge in [0.1, 0.15) is 6.42 Å².